The number of aryl methyl sites for hydroxylation is 2. The molecule has 0 radical (unpaired) electrons. The highest BCUT2D eigenvalue weighted by Crippen LogP contribution is 2.31. The minimum atomic E-state index is -3.59. The van der Waals surface area contributed by atoms with Crippen LogP contribution in [0.5, 0.6) is 0 Å². The fourth-order valence-electron chi connectivity index (χ4n) is 3.03. The zero-order valence-corrected chi connectivity index (χ0v) is 14.3. The maximum absolute atomic E-state index is 13.3. The molecule has 0 aromatic heterocycles. The number of halogens is 1. The van der Waals surface area contributed by atoms with Gasteiger partial charge in [0.1, 0.15) is 5.82 Å². The van der Waals surface area contributed by atoms with Gasteiger partial charge in [-0.05, 0) is 62.1 Å². The van der Waals surface area contributed by atoms with Crippen LogP contribution in [0, 0.1) is 19.7 Å². The Bertz CT molecular complexity index is 593. The molecule has 0 heterocycles. The molecule has 6 heteroatoms. The number of thioether (sulfide) groups is 1. The lowest BCUT2D eigenvalue weighted by Gasteiger charge is -2.16. The fourth-order valence-corrected chi connectivity index (χ4v) is 5.91. The average Bonchev–Trinajstić information content (AvgIpc) is 2.74. The van der Waals surface area contributed by atoms with Gasteiger partial charge in [-0.2, -0.15) is 11.8 Å². The molecule has 3 nitrogen and oxygen atoms in total. The Kier molecular flexibility index (Phi) is 5.33. The first-order valence-electron chi connectivity index (χ1n) is 7.24. The Hall–Kier alpha value is -0.590. The average molecular weight is 331 g/mol. The zero-order chi connectivity index (χ0) is 15.6. The van der Waals surface area contributed by atoms with Gasteiger partial charge in [-0.15, -0.1) is 0 Å². The van der Waals surface area contributed by atoms with Crippen LogP contribution in [-0.4, -0.2) is 25.5 Å². The van der Waals surface area contributed by atoms with Crippen molar-refractivity contribution in [3.63, 3.8) is 0 Å². The van der Waals surface area contributed by atoms with Crippen molar-refractivity contribution in [2.75, 3.05) is 5.75 Å². The Morgan fingerprint density at radius 3 is 2.48 bits per heavy atom. The molecule has 1 saturated carbocycles. The Labute approximate surface area is 130 Å². The smallest absolute Gasteiger partial charge is 0.208 e. The van der Waals surface area contributed by atoms with E-state index in [-0.39, 0.29) is 10.9 Å². The predicted octanol–water partition coefficient (Wildman–Crippen LogP) is 3.40. The minimum Gasteiger partial charge on any atom is -0.208 e. The van der Waals surface area contributed by atoms with Gasteiger partial charge >= 0.3 is 0 Å². The summed E-state index contributed by atoms with van der Waals surface area (Å²) in [7, 11) is -3.59. The predicted molar refractivity (Wildman–Crippen MR) is 85.8 cm³/mol. The van der Waals surface area contributed by atoms with Gasteiger partial charge in [-0.25, -0.2) is 17.5 Å². The largest absolute Gasteiger partial charge is 0.241 e. The number of sulfonamides is 1. The van der Waals surface area contributed by atoms with Crippen molar-refractivity contribution in [1.82, 2.24) is 4.72 Å². The quantitative estimate of drug-likeness (QED) is 0.899. The van der Waals surface area contributed by atoms with Crippen LogP contribution in [-0.2, 0) is 10.0 Å². The lowest BCUT2D eigenvalue weighted by atomic mass is 10.1. The molecule has 0 aliphatic heterocycles. The molecule has 0 spiro atoms. The van der Waals surface area contributed by atoms with Crippen LogP contribution >= 0.6 is 11.8 Å². The highest BCUT2D eigenvalue weighted by molar-refractivity contribution is 7.99. The van der Waals surface area contributed by atoms with Crippen molar-refractivity contribution in [1.29, 1.82) is 0 Å². The summed E-state index contributed by atoms with van der Waals surface area (Å²) < 4.78 is 41.2. The molecule has 21 heavy (non-hydrogen) atoms. The van der Waals surface area contributed by atoms with E-state index >= 15 is 0 Å². The van der Waals surface area contributed by atoms with Crippen LogP contribution in [0.15, 0.2) is 17.0 Å². The Morgan fingerprint density at radius 2 is 1.90 bits per heavy atom. The highest BCUT2D eigenvalue weighted by Gasteiger charge is 2.30. The van der Waals surface area contributed by atoms with Crippen LogP contribution in [0.1, 0.15) is 37.3 Å². The first-order chi connectivity index (χ1) is 9.83. The Morgan fingerprint density at radius 1 is 1.29 bits per heavy atom. The van der Waals surface area contributed by atoms with Crippen molar-refractivity contribution in [2.24, 2.45) is 0 Å². The molecular formula is C15H22FNO2S2. The number of nitrogens with one attached hydrogen (secondary N) is 1. The Balaban J connectivity index is 2.17. The van der Waals surface area contributed by atoms with Gasteiger partial charge < -0.3 is 0 Å². The van der Waals surface area contributed by atoms with Gasteiger partial charge in [0.2, 0.25) is 10.0 Å². The molecule has 0 bridgehead atoms. The third-order valence-corrected chi connectivity index (χ3v) is 6.86. The summed E-state index contributed by atoms with van der Waals surface area (Å²) in [5.41, 5.74) is 0.912. The second kappa shape index (κ2) is 6.67. The van der Waals surface area contributed by atoms with Crippen LogP contribution < -0.4 is 4.72 Å². The second-order valence-electron chi connectivity index (χ2n) is 5.58. The van der Waals surface area contributed by atoms with Crippen molar-refractivity contribution in [3.8, 4) is 0 Å². The molecule has 118 valence electrons. The maximum Gasteiger partial charge on any atom is 0.241 e. The van der Waals surface area contributed by atoms with E-state index in [1.807, 2.05) is 11.8 Å². The van der Waals surface area contributed by atoms with Gasteiger partial charge in [0.05, 0.1) is 4.90 Å². The summed E-state index contributed by atoms with van der Waals surface area (Å²) in [5.74, 6) is 0.657. The van der Waals surface area contributed by atoms with E-state index in [9.17, 15) is 12.8 Å². The van der Waals surface area contributed by atoms with Gasteiger partial charge in [-0.3, -0.25) is 0 Å². The summed E-state index contributed by atoms with van der Waals surface area (Å²) in [6.45, 7) is 5.39. The monoisotopic (exact) mass is 331 g/mol. The van der Waals surface area contributed by atoms with Gasteiger partial charge in [0.15, 0.2) is 0 Å². The van der Waals surface area contributed by atoms with E-state index < -0.39 is 15.8 Å². The molecule has 2 unspecified atom stereocenters. The summed E-state index contributed by atoms with van der Waals surface area (Å²) >= 11 is 1.89. The molecule has 1 aromatic carbocycles. The summed E-state index contributed by atoms with van der Waals surface area (Å²) in [6.07, 6.45) is 2.79. The lowest BCUT2D eigenvalue weighted by molar-refractivity contribution is 0.550. The fraction of sp³-hybridized carbons (Fsp3) is 0.600. The molecule has 2 atom stereocenters. The molecule has 1 aliphatic carbocycles. The van der Waals surface area contributed by atoms with Crippen molar-refractivity contribution in [3.05, 3.63) is 29.1 Å². The molecule has 1 fully saturated rings. The van der Waals surface area contributed by atoms with Gasteiger partial charge in [0, 0.05) is 11.3 Å². The standard InChI is InChI=1S/C15H22FNO2S2/c1-4-20-14-6-5-13(9-14)17-21(18,19)15-10(2)7-12(16)8-11(15)3/h7-8,13-14,17H,4-6,9H2,1-3H3. The van der Waals surface area contributed by atoms with Crippen LogP contribution in [0.2, 0.25) is 0 Å². The number of rotatable bonds is 5. The van der Waals surface area contributed by atoms with E-state index in [0.717, 1.165) is 25.0 Å². The first-order valence-corrected chi connectivity index (χ1v) is 9.77. The van der Waals surface area contributed by atoms with Crippen molar-refractivity contribution in [2.45, 2.75) is 56.2 Å². The minimum absolute atomic E-state index is 0.0112. The third-order valence-electron chi connectivity index (χ3n) is 3.80. The van der Waals surface area contributed by atoms with Crippen molar-refractivity contribution < 1.29 is 12.8 Å². The number of hydrogen-bond acceptors (Lipinski definition) is 3. The second-order valence-corrected chi connectivity index (χ2v) is 8.81. The summed E-state index contributed by atoms with van der Waals surface area (Å²) in [4.78, 5) is 0.218. The molecule has 0 amide bonds. The normalized spacial score (nSPS) is 22.7. The maximum atomic E-state index is 13.3. The summed E-state index contributed by atoms with van der Waals surface area (Å²) in [6, 6.07) is 2.53. The first kappa shape index (κ1) is 16.8. The molecule has 0 saturated heterocycles. The summed E-state index contributed by atoms with van der Waals surface area (Å²) in [5, 5.41) is 0.540. The number of benzene rings is 1. The SMILES string of the molecule is CCSC1CCC(NS(=O)(=O)c2c(C)cc(F)cc2C)C1. The lowest BCUT2D eigenvalue weighted by Crippen LogP contribution is -2.34. The molecule has 1 aromatic rings. The van der Waals surface area contributed by atoms with E-state index in [0.29, 0.717) is 16.4 Å². The third kappa shape index (κ3) is 3.99. The van der Waals surface area contributed by atoms with E-state index in [1.54, 1.807) is 13.8 Å². The van der Waals surface area contributed by atoms with Crippen LogP contribution in [0.4, 0.5) is 4.39 Å². The van der Waals surface area contributed by atoms with E-state index in [1.165, 1.54) is 12.1 Å². The van der Waals surface area contributed by atoms with Crippen molar-refractivity contribution >= 4 is 21.8 Å². The van der Waals surface area contributed by atoms with E-state index in [4.69, 9.17) is 0 Å². The van der Waals surface area contributed by atoms with Gasteiger partial charge in [-0.1, -0.05) is 6.92 Å². The number of hydrogen-bond donors (Lipinski definition) is 1. The van der Waals surface area contributed by atoms with Crippen LogP contribution in [0.3, 0.4) is 0 Å². The van der Waals surface area contributed by atoms with E-state index in [2.05, 4.69) is 11.6 Å². The highest BCUT2D eigenvalue weighted by atomic mass is 32.2. The molecular weight excluding hydrogens is 309 g/mol. The molecule has 1 aliphatic rings. The van der Waals surface area contributed by atoms with Crippen LogP contribution in [0.25, 0.3) is 0 Å². The topological polar surface area (TPSA) is 46.2 Å². The molecule has 2 rings (SSSR count). The van der Waals surface area contributed by atoms with Gasteiger partial charge in [0.25, 0.3) is 0 Å². The zero-order valence-electron chi connectivity index (χ0n) is 12.6. The molecule has 1 N–H and O–H groups in total.